The second kappa shape index (κ2) is 6.91. The third-order valence-corrected chi connectivity index (χ3v) is 5.31. The number of hydrogen-bond donors (Lipinski definition) is 1. The van der Waals surface area contributed by atoms with Gasteiger partial charge >= 0.3 is 0 Å². The van der Waals surface area contributed by atoms with Gasteiger partial charge in [-0.2, -0.15) is 0 Å². The number of piperidine rings is 1. The van der Waals surface area contributed by atoms with Gasteiger partial charge in [0.05, 0.1) is 0 Å². The van der Waals surface area contributed by atoms with E-state index in [9.17, 15) is 0 Å². The second-order valence-electron chi connectivity index (χ2n) is 6.72. The molecule has 0 aromatic carbocycles. The summed E-state index contributed by atoms with van der Waals surface area (Å²) in [5.74, 6) is 1.01. The molecule has 1 aliphatic heterocycles. The molecule has 0 atom stereocenters. The number of nitrogens with one attached hydrogen (secondary N) is 1. The lowest BCUT2D eigenvalue weighted by Gasteiger charge is -2.43. The number of rotatable bonds is 5. The van der Waals surface area contributed by atoms with Crippen LogP contribution < -0.4 is 5.32 Å². The average molecular weight is 252 g/mol. The van der Waals surface area contributed by atoms with E-state index in [0.29, 0.717) is 5.41 Å². The Balaban J connectivity index is 1.85. The fourth-order valence-corrected chi connectivity index (χ4v) is 4.09. The highest BCUT2D eigenvalue weighted by atomic mass is 15.1. The van der Waals surface area contributed by atoms with E-state index in [-0.39, 0.29) is 0 Å². The van der Waals surface area contributed by atoms with Crippen LogP contribution in [0.4, 0.5) is 0 Å². The van der Waals surface area contributed by atoms with Crippen molar-refractivity contribution < 1.29 is 0 Å². The van der Waals surface area contributed by atoms with Gasteiger partial charge in [0.15, 0.2) is 0 Å². The topological polar surface area (TPSA) is 15.3 Å². The van der Waals surface area contributed by atoms with E-state index < -0.39 is 0 Å². The van der Waals surface area contributed by atoms with Gasteiger partial charge < -0.3 is 10.2 Å². The largest absolute Gasteiger partial charge is 0.319 e. The molecular weight excluding hydrogens is 220 g/mol. The zero-order chi connectivity index (χ0) is 12.8. The van der Waals surface area contributed by atoms with E-state index >= 15 is 0 Å². The first-order valence-corrected chi connectivity index (χ1v) is 8.15. The number of hydrogen-bond acceptors (Lipinski definition) is 2. The van der Waals surface area contributed by atoms with Gasteiger partial charge in [-0.25, -0.2) is 0 Å². The summed E-state index contributed by atoms with van der Waals surface area (Å²) in [6.45, 7) is 7.63. The first-order valence-electron chi connectivity index (χ1n) is 8.15. The average Bonchev–Trinajstić information content (AvgIpc) is 2.41. The van der Waals surface area contributed by atoms with Crippen molar-refractivity contribution in [3.63, 3.8) is 0 Å². The lowest BCUT2D eigenvalue weighted by molar-refractivity contribution is 0.0787. The molecule has 2 heteroatoms. The summed E-state index contributed by atoms with van der Waals surface area (Å²) in [6.07, 6.45) is 11.5. The maximum atomic E-state index is 3.46. The van der Waals surface area contributed by atoms with Crippen LogP contribution in [0.3, 0.4) is 0 Å². The van der Waals surface area contributed by atoms with Gasteiger partial charge in [-0.1, -0.05) is 32.6 Å². The summed E-state index contributed by atoms with van der Waals surface area (Å²) >= 11 is 0. The fraction of sp³-hybridized carbons (Fsp3) is 1.00. The van der Waals surface area contributed by atoms with Crippen LogP contribution in [-0.4, -0.2) is 38.1 Å². The molecule has 0 amide bonds. The summed E-state index contributed by atoms with van der Waals surface area (Å²) in [6, 6.07) is 0. The highest BCUT2D eigenvalue weighted by Gasteiger charge is 2.34. The van der Waals surface area contributed by atoms with Crippen LogP contribution in [0.25, 0.3) is 0 Å². The fourth-order valence-electron chi connectivity index (χ4n) is 4.09. The Bertz CT molecular complexity index is 220. The molecule has 1 N–H and O–H groups in total. The smallest absolute Gasteiger partial charge is 0.00501 e. The van der Waals surface area contributed by atoms with Gasteiger partial charge in [0.1, 0.15) is 0 Å². The Kier molecular flexibility index (Phi) is 5.50. The van der Waals surface area contributed by atoms with E-state index in [1.807, 2.05) is 0 Å². The molecule has 2 rings (SSSR count). The molecule has 0 bridgehead atoms. The summed E-state index contributed by atoms with van der Waals surface area (Å²) in [4.78, 5) is 2.76. The molecule has 0 aromatic heterocycles. The van der Waals surface area contributed by atoms with Crippen LogP contribution in [0.5, 0.6) is 0 Å². The van der Waals surface area contributed by atoms with Crippen LogP contribution in [0.2, 0.25) is 0 Å². The number of nitrogens with zero attached hydrogens (tertiary/aromatic N) is 1. The van der Waals surface area contributed by atoms with Crippen molar-refractivity contribution in [1.82, 2.24) is 10.2 Å². The molecular formula is C16H32N2. The maximum Gasteiger partial charge on any atom is 0.00501 e. The van der Waals surface area contributed by atoms with Crippen LogP contribution in [0.1, 0.15) is 58.3 Å². The highest BCUT2D eigenvalue weighted by Crippen LogP contribution is 2.37. The highest BCUT2D eigenvalue weighted by molar-refractivity contribution is 4.88. The second-order valence-corrected chi connectivity index (χ2v) is 6.72. The molecule has 1 heterocycles. The third-order valence-electron chi connectivity index (χ3n) is 5.31. The van der Waals surface area contributed by atoms with Gasteiger partial charge in [-0.3, -0.25) is 0 Å². The van der Waals surface area contributed by atoms with Crippen molar-refractivity contribution in [3.8, 4) is 0 Å². The predicted molar refractivity (Wildman–Crippen MR) is 78.9 cm³/mol. The predicted octanol–water partition coefficient (Wildman–Crippen LogP) is 3.28. The van der Waals surface area contributed by atoms with Gasteiger partial charge in [0.25, 0.3) is 0 Å². The lowest BCUT2D eigenvalue weighted by atomic mass is 9.73. The standard InChI is InChI=1S/C16H32N2/c1-3-15-7-11-18(12-8-15)14-16(13-17-2)9-5-4-6-10-16/h15,17H,3-14H2,1-2H3. The molecule has 2 aliphatic rings. The summed E-state index contributed by atoms with van der Waals surface area (Å²) in [7, 11) is 2.12. The van der Waals surface area contributed by atoms with Gasteiger partial charge in [-0.05, 0) is 57.2 Å². The Morgan fingerprint density at radius 3 is 2.33 bits per heavy atom. The molecule has 1 saturated heterocycles. The van der Waals surface area contributed by atoms with E-state index in [4.69, 9.17) is 0 Å². The molecule has 0 aromatic rings. The molecule has 0 spiro atoms. The molecule has 1 saturated carbocycles. The van der Waals surface area contributed by atoms with Crippen molar-refractivity contribution in [3.05, 3.63) is 0 Å². The van der Waals surface area contributed by atoms with Crippen LogP contribution in [-0.2, 0) is 0 Å². The SMILES string of the molecule is CCC1CCN(CC2(CNC)CCCCC2)CC1. The Hall–Kier alpha value is -0.0800. The molecule has 2 fully saturated rings. The molecule has 2 nitrogen and oxygen atoms in total. The zero-order valence-corrected chi connectivity index (χ0v) is 12.5. The first kappa shape index (κ1) is 14.3. The van der Waals surface area contributed by atoms with Crippen LogP contribution in [0.15, 0.2) is 0 Å². The Morgan fingerprint density at radius 1 is 1.11 bits per heavy atom. The van der Waals surface area contributed by atoms with Crippen molar-refractivity contribution >= 4 is 0 Å². The van der Waals surface area contributed by atoms with Gasteiger partial charge in [-0.15, -0.1) is 0 Å². The normalized spacial score (nSPS) is 26.3. The van der Waals surface area contributed by atoms with Crippen LogP contribution in [0, 0.1) is 11.3 Å². The summed E-state index contributed by atoms with van der Waals surface area (Å²) in [5.41, 5.74) is 0.589. The summed E-state index contributed by atoms with van der Waals surface area (Å²) < 4.78 is 0. The minimum atomic E-state index is 0.589. The lowest BCUT2D eigenvalue weighted by Crippen LogP contribution is -2.47. The Labute approximate surface area is 114 Å². The quantitative estimate of drug-likeness (QED) is 0.808. The minimum Gasteiger partial charge on any atom is -0.319 e. The van der Waals surface area contributed by atoms with Crippen LogP contribution >= 0.6 is 0 Å². The van der Waals surface area contributed by atoms with E-state index in [1.165, 1.54) is 77.5 Å². The third kappa shape index (κ3) is 3.71. The molecule has 18 heavy (non-hydrogen) atoms. The minimum absolute atomic E-state index is 0.589. The van der Waals surface area contributed by atoms with Gasteiger partial charge in [0, 0.05) is 13.1 Å². The summed E-state index contributed by atoms with van der Waals surface area (Å²) in [5, 5.41) is 3.46. The number of likely N-dealkylation sites (tertiary alicyclic amines) is 1. The molecule has 0 radical (unpaired) electrons. The Morgan fingerprint density at radius 2 is 1.78 bits per heavy atom. The van der Waals surface area contributed by atoms with Crippen molar-refractivity contribution in [1.29, 1.82) is 0 Å². The van der Waals surface area contributed by atoms with Crippen molar-refractivity contribution in [2.75, 3.05) is 33.2 Å². The molecule has 106 valence electrons. The monoisotopic (exact) mass is 252 g/mol. The molecule has 0 unspecified atom stereocenters. The first-order chi connectivity index (χ1) is 8.78. The van der Waals surface area contributed by atoms with E-state index in [1.54, 1.807) is 0 Å². The van der Waals surface area contributed by atoms with E-state index in [0.717, 1.165) is 5.92 Å². The molecule has 1 aliphatic carbocycles. The van der Waals surface area contributed by atoms with Gasteiger partial charge in [0.2, 0.25) is 0 Å². The van der Waals surface area contributed by atoms with E-state index in [2.05, 4.69) is 24.2 Å². The van der Waals surface area contributed by atoms with Crippen molar-refractivity contribution in [2.45, 2.75) is 58.3 Å². The van der Waals surface area contributed by atoms with Crippen molar-refractivity contribution in [2.24, 2.45) is 11.3 Å². The maximum absolute atomic E-state index is 3.46. The zero-order valence-electron chi connectivity index (χ0n) is 12.5.